The highest BCUT2D eigenvalue weighted by molar-refractivity contribution is 5.85. The smallest absolute Gasteiger partial charge is 0.260 e. The summed E-state index contributed by atoms with van der Waals surface area (Å²) in [5, 5.41) is 2.83. The van der Waals surface area contributed by atoms with E-state index in [4.69, 9.17) is 4.74 Å². The number of rotatable bonds is 5. The van der Waals surface area contributed by atoms with E-state index in [0.29, 0.717) is 0 Å². The molecule has 0 aliphatic rings. The van der Waals surface area contributed by atoms with E-state index in [0.717, 1.165) is 22.4 Å². The number of nitrogens with one attached hydrogen (secondary N) is 1. The van der Waals surface area contributed by atoms with Crippen molar-refractivity contribution in [3.63, 3.8) is 0 Å². The first-order valence-corrected chi connectivity index (χ1v) is 7.75. The van der Waals surface area contributed by atoms with Crippen LogP contribution in [0.5, 0.6) is 5.75 Å². The Morgan fingerprint density at radius 2 is 1.65 bits per heavy atom. The summed E-state index contributed by atoms with van der Waals surface area (Å²) in [6, 6.07) is 4.04. The standard InChI is InChI=1S/C18H28N2O3/c1-12-8-13(2)17(14(3)9-12)23-11-16(22)20(7)10-15(21)19-18(4,5)6/h8-9H,10-11H2,1-7H3,(H,19,21). The second-order valence-electron chi connectivity index (χ2n) is 7.06. The molecule has 0 saturated carbocycles. The zero-order valence-electron chi connectivity index (χ0n) is 15.2. The number of hydrogen-bond donors (Lipinski definition) is 1. The van der Waals surface area contributed by atoms with Gasteiger partial charge in [0, 0.05) is 12.6 Å². The predicted octanol–water partition coefficient (Wildman–Crippen LogP) is 2.36. The third-order valence-electron chi connectivity index (χ3n) is 3.27. The summed E-state index contributed by atoms with van der Waals surface area (Å²) in [6.07, 6.45) is 0. The maximum absolute atomic E-state index is 12.1. The molecule has 0 aliphatic heterocycles. The molecule has 2 amide bonds. The molecular weight excluding hydrogens is 292 g/mol. The lowest BCUT2D eigenvalue weighted by Gasteiger charge is -2.23. The second kappa shape index (κ2) is 7.49. The Morgan fingerprint density at radius 3 is 2.13 bits per heavy atom. The lowest BCUT2D eigenvalue weighted by molar-refractivity contribution is -0.136. The number of benzene rings is 1. The maximum Gasteiger partial charge on any atom is 0.260 e. The van der Waals surface area contributed by atoms with Crippen molar-refractivity contribution in [3.05, 3.63) is 28.8 Å². The number of amides is 2. The fourth-order valence-corrected chi connectivity index (χ4v) is 2.40. The molecule has 0 atom stereocenters. The third kappa shape index (κ3) is 6.30. The molecule has 0 saturated heterocycles. The summed E-state index contributed by atoms with van der Waals surface area (Å²) in [4.78, 5) is 25.4. The average Bonchev–Trinajstić information content (AvgIpc) is 2.34. The van der Waals surface area contributed by atoms with E-state index in [1.807, 2.05) is 53.7 Å². The van der Waals surface area contributed by atoms with Crippen molar-refractivity contribution in [1.82, 2.24) is 10.2 Å². The Kier molecular flexibility index (Phi) is 6.19. The van der Waals surface area contributed by atoms with Crippen LogP contribution in [0.15, 0.2) is 12.1 Å². The fraction of sp³-hybridized carbons (Fsp3) is 0.556. The molecule has 0 spiro atoms. The molecule has 0 aliphatic carbocycles. The van der Waals surface area contributed by atoms with Crippen LogP contribution in [0.25, 0.3) is 0 Å². The van der Waals surface area contributed by atoms with E-state index in [1.165, 1.54) is 4.90 Å². The largest absolute Gasteiger partial charge is 0.483 e. The number of carbonyl (C=O) groups excluding carboxylic acids is 2. The minimum Gasteiger partial charge on any atom is -0.483 e. The number of likely N-dealkylation sites (N-methyl/N-ethyl adjacent to an activating group) is 1. The van der Waals surface area contributed by atoms with Gasteiger partial charge in [0.25, 0.3) is 5.91 Å². The number of ether oxygens (including phenoxy) is 1. The summed E-state index contributed by atoms with van der Waals surface area (Å²) in [5.41, 5.74) is 2.86. The average molecular weight is 320 g/mol. The van der Waals surface area contributed by atoms with Gasteiger partial charge in [-0.2, -0.15) is 0 Å². The van der Waals surface area contributed by atoms with Gasteiger partial charge >= 0.3 is 0 Å². The van der Waals surface area contributed by atoms with Gasteiger partial charge in [-0.25, -0.2) is 0 Å². The molecule has 0 bridgehead atoms. The number of nitrogens with zero attached hydrogens (tertiary/aromatic N) is 1. The Balaban J connectivity index is 2.58. The van der Waals surface area contributed by atoms with Gasteiger partial charge in [0.1, 0.15) is 5.75 Å². The van der Waals surface area contributed by atoms with E-state index in [9.17, 15) is 9.59 Å². The monoisotopic (exact) mass is 320 g/mol. The van der Waals surface area contributed by atoms with Crippen LogP contribution in [-0.4, -0.2) is 42.5 Å². The van der Waals surface area contributed by atoms with Crippen LogP contribution in [0.3, 0.4) is 0 Å². The molecule has 1 N–H and O–H groups in total. The highest BCUT2D eigenvalue weighted by atomic mass is 16.5. The van der Waals surface area contributed by atoms with Crippen molar-refractivity contribution in [3.8, 4) is 5.75 Å². The molecule has 1 rings (SSSR count). The van der Waals surface area contributed by atoms with Crippen LogP contribution in [0.2, 0.25) is 0 Å². The van der Waals surface area contributed by atoms with Crippen LogP contribution < -0.4 is 10.1 Å². The first-order valence-electron chi connectivity index (χ1n) is 7.75. The van der Waals surface area contributed by atoms with Crippen LogP contribution in [0.1, 0.15) is 37.5 Å². The molecule has 0 radical (unpaired) electrons. The van der Waals surface area contributed by atoms with Gasteiger partial charge in [-0.15, -0.1) is 0 Å². The lowest BCUT2D eigenvalue weighted by atomic mass is 10.1. The summed E-state index contributed by atoms with van der Waals surface area (Å²) in [7, 11) is 1.60. The van der Waals surface area contributed by atoms with E-state index >= 15 is 0 Å². The van der Waals surface area contributed by atoms with E-state index in [-0.39, 0.29) is 30.5 Å². The van der Waals surface area contributed by atoms with Gasteiger partial charge in [0.2, 0.25) is 5.91 Å². The van der Waals surface area contributed by atoms with Crippen molar-refractivity contribution in [2.75, 3.05) is 20.2 Å². The van der Waals surface area contributed by atoms with E-state index in [2.05, 4.69) is 5.32 Å². The van der Waals surface area contributed by atoms with Gasteiger partial charge in [0.05, 0.1) is 6.54 Å². The molecule has 5 nitrogen and oxygen atoms in total. The molecular formula is C18H28N2O3. The van der Waals surface area contributed by atoms with Crippen molar-refractivity contribution < 1.29 is 14.3 Å². The fourth-order valence-electron chi connectivity index (χ4n) is 2.40. The topological polar surface area (TPSA) is 58.6 Å². The van der Waals surface area contributed by atoms with E-state index in [1.54, 1.807) is 7.05 Å². The molecule has 0 unspecified atom stereocenters. The molecule has 1 aromatic rings. The summed E-state index contributed by atoms with van der Waals surface area (Å²) in [5.74, 6) is 0.320. The second-order valence-corrected chi connectivity index (χ2v) is 7.06. The van der Waals surface area contributed by atoms with Crippen LogP contribution >= 0.6 is 0 Å². The van der Waals surface area contributed by atoms with Crippen molar-refractivity contribution in [1.29, 1.82) is 0 Å². The normalized spacial score (nSPS) is 11.1. The third-order valence-corrected chi connectivity index (χ3v) is 3.27. The zero-order chi connectivity index (χ0) is 17.8. The maximum atomic E-state index is 12.1. The summed E-state index contributed by atoms with van der Waals surface area (Å²) < 4.78 is 5.67. The van der Waals surface area contributed by atoms with Crippen LogP contribution in [0.4, 0.5) is 0 Å². The Morgan fingerprint density at radius 1 is 1.13 bits per heavy atom. The van der Waals surface area contributed by atoms with Gasteiger partial charge < -0.3 is 15.0 Å². The number of aryl methyl sites for hydroxylation is 3. The minimum absolute atomic E-state index is 0.0192. The van der Waals surface area contributed by atoms with Crippen molar-refractivity contribution in [2.45, 2.75) is 47.1 Å². The first kappa shape index (κ1) is 19.0. The molecule has 0 fully saturated rings. The molecule has 0 aromatic heterocycles. The predicted molar refractivity (Wildman–Crippen MR) is 91.7 cm³/mol. The van der Waals surface area contributed by atoms with Gasteiger partial charge in [-0.05, 0) is 52.7 Å². The van der Waals surface area contributed by atoms with Gasteiger partial charge in [0.15, 0.2) is 6.61 Å². The highest BCUT2D eigenvalue weighted by Gasteiger charge is 2.18. The Labute approximate surface area is 139 Å². The lowest BCUT2D eigenvalue weighted by Crippen LogP contribution is -2.47. The van der Waals surface area contributed by atoms with Gasteiger partial charge in [-0.3, -0.25) is 9.59 Å². The van der Waals surface area contributed by atoms with E-state index < -0.39 is 0 Å². The van der Waals surface area contributed by atoms with Crippen molar-refractivity contribution >= 4 is 11.8 Å². The molecule has 5 heteroatoms. The molecule has 0 heterocycles. The number of hydrogen-bond acceptors (Lipinski definition) is 3. The van der Waals surface area contributed by atoms with Gasteiger partial charge in [-0.1, -0.05) is 17.7 Å². The first-order chi connectivity index (χ1) is 10.5. The molecule has 128 valence electrons. The summed E-state index contributed by atoms with van der Waals surface area (Å²) in [6.45, 7) is 11.6. The number of carbonyl (C=O) groups is 2. The molecule has 1 aromatic carbocycles. The van der Waals surface area contributed by atoms with Crippen LogP contribution in [0, 0.1) is 20.8 Å². The SMILES string of the molecule is Cc1cc(C)c(OCC(=O)N(C)CC(=O)NC(C)(C)C)c(C)c1. The van der Waals surface area contributed by atoms with Crippen molar-refractivity contribution in [2.24, 2.45) is 0 Å². The van der Waals surface area contributed by atoms with Crippen LogP contribution in [-0.2, 0) is 9.59 Å². The quantitative estimate of drug-likeness (QED) is 0.906. The molecule has 23 heavy (non-hydrogen) atoms. The zero-order valence-corrected chi connectivity index (χ0v) is 15.2. The summed E-state index contributed by atoms with van der Waals surface area (Å²) >= 11 is 0. The Bertz CT molecular complexity index is 565. The Hall–Kier alpha value is -2.04. The highest BCUT2D eigenvalue weighted by Crippen LogP contribution is 2.24. The minimum atomic E-state index is -0.312.